The van der Waals surface area contributed by atoms with Crippen molar-refractivity contribution >= 4 is 32.9 Å². The SMILES string of the molecule is c1ccc(-c2ccc(-c3cc(Nc4ccc5ccccc5c4)c4ccccc4c3)cc2)cc1. The molecule has 0 radical (unpaired) electrons. The zero-order valence-corrected chi connectivity index (χ0v) is 18.2. The fraction of sp³-hybridized carbons (Fsp3) is 0. The first kappa shape index (κ1) is 19.3. The average molecular weight is 422 g/mol. The van der Waals surface area contributed by atoms with Gasteiger partial charge < -0.3 is 5.32 Å². The van der Waals surface area contributed by atoms with Gasteiger partial charge in [-0.05, 0) is 62.7 Å². The van der Waals surface area contributed by atoms with Crippen LogP contribution >= 0.6 is 0 Å². The van der Waals surface area contributed by atoms with Gasteiger partial charge in [0.25, 0.3) is 0 Å². The van der Waals surface area contributed by atoms with Crippen LogP contribution in [0.3, 0.4) is 0 Å². The summed E-state index contributed by atoms with van der Waals surface area (Å²) in [6.07, 6.45) is 0. The monoisotopic (exact) mass is 421 g/mol. The molecule has 0 heterocycles. The first-order valence-corrected chi connectivity index (χ1v) is 11.3. The van der Waals surface area contributed by atoms with Gasteiger partial charge in [-0.25, -0.2) is 0 Å². The molecular formula is C32H23N. The maximum atomic E-state index is 3.69. The third-order valence-corrected chi connectivity index (χ3v) is 6.22. The molecule has 6 aromatic rings. The Morgan fingerprint density at radius 1 is 0.364 bits per heavy atom. The van der Waals surface area contributed by atoms with Gasteiger partial charge in [-0.15, -0.1) is 0 Å². The number of hydrogen-bond donors (Lipinski definition) is 1. The molecule has 0 aromatic heterocycles. The normalized spacial score (nSPS) is 11.0. The molecule has 0 saturated carbocycles. The van der Waals surface area contributed by atoms with Gasteiger partial charge in [-0.3, -0.25) is 0 Å². The van der Waals surface area contributed by atoms with Gasteiger partial charge in [0.2, 0.25) is 0 Å². The zero-order chi connectivity index (χ0) is 22.0. The zero-order valence-electron chi connectivity index (χ0n) is 18.2. The molecule has 0 aliphatic heterocycles. The van der Waals surface area contributed by atoms with Crippen molar-refractivity contribution in [2.75, 3.05) is 5.32 Å². The maximum absolute atomic E-state index is 3.69. The molecule has 0 saturated heterocycles. The van der Waals surface area contributed by atoms with E-state index in [1.165, 1.54) is 43.8 Å². The Hall–Kier alpha value is -4.36. The van der Waals surface area contributed by atoms with E-state index in [0.717, 1.165) is 11.4 Å². The maximum Gasteiger partial charge on any atom is 0.0470 e. The molecule has 1 N–H and O–H groups in total. The number of fused-ring (bicyclic) bond motifs is 2. The molecule has 1 heteroatoms. The van der Waals surface area contributed by atoms with Gasteiger partial charge in [0.15, 0.2) is 0 Å². The van der Waals surface area contributed by atoms with Crippen molar-refractivity contribution in [3.8, 4) is 22.3 Å². The second-order valence-corrected chi connectivity index (χ2v) is 8.38. The van der Waals surface area contributed by atoms with E-state index in [4.69, 9.17) is 0 Å². The minimum absolute atomic E-state index is 1.09. The molecule has 156 valence electrons. The lowest BCUT2D eigenvalue weighted by molar-refractivity contribution is 1.57. The second kappa shape index (κ2) is 8.29. The molecule has 0 aliphatic rings. The van der Waals surface area contributed by atoms with Crippen LogP contribution in [0.4, 0.5) is 11.4 Å². The molecule has 0 atom stereocenters. The summed E-state index contributed by atoms with van der Waals surface area (Å²) in [7, 11) is 0. The highest BCUT2D eigenvalue weighted by Gasteiger charge is 2.08. The first-order valence-electron chi connectivity index (χ1n) is 11.3. The highest BCUT2D eigenvalue weighted by atomic mass is 14.9. The van der Waals surface area contributed by atoms with E-state index in [1.54, 1.807) is 0 Å². The lowest BCUT2D eigenvalue weighted by atomic mass is 9.97. The van der Waals surface area contributed by atoms with E-state index in [-0.39, 0.29) is 0 Å². The number of nitrogens with one attached hydrogen (secondary N) is 1. The van der Waals surface area contributed by atoms with E-state index >= 15 is 0 Å². The van der Waals surface area contributed by atoms with Crippen molar-refractivity contribution in [2.24, 2.45) is 0 Å². The van der Waals surface area contributed by atoms with E-state index in [9.17, 15) is 0 Å². The fourth-order valence-corrected chi connectivity index (χ4v) is 4.49. The smallest absolute Gasteiger partial charge is 0.0470 e. The minimum atomic E-state index is 1.09. The molecule has 0 aliphatic carbocycles. The van der Waals surface area contributed by atoms with Crippen LogP contribution in [0.2, 0.25) is 0 Å². The Labute approximate surface area is 194 Å². The van der Waals surface area contributed by atoms with Gasteiger partial charge >= 0.3 is 0 Å². The van der Waals surface area contributed by atoms with Crippen LogP contribution in [-0.4, -0.2) is 0 Å². The van der Waals surface area contributed by atoms with Crippen molar-refractivity contribution in [1.29, 1.82) is 0 Å². The van der Waals surface area contributed by atoms with E-state index in [0.29, 0.717) is 0 Å². The van der Waals surface area contributed by atoms with Crippen molar-refractivity contribution in [3.05, 3.63) is 133 Å². The third kappa shape index (κ3) is 3.86. The average Bonchev–Trinajstić information content (AvgIpc) is 2.89. The van der Waals surface area contributed by atoms with Crippen LogP contribution in [0, 0.1) is 0 Å². The molecular weight excluding hydrogens is 398 g/mol. The molecule has 0 unspecified atom stereocenters. The van der Waals surface area contributed by atoms with Gasteiger partial charge in [-0.2, -0.15) is 0 Å². The summed E-state index contributed by atoms with van der Waals surface area (Å²) in [4.78, 5) is 0. The minimum Gasteiger partial charge on any atom is -0.355 e. The van der Waals surface area contributed by atoms with Gasteiger partial charge in [0, 0.05) is 16.8 Å². The van der Waals surface area contributed by atoms with Crippen LogP contribution in [-0.2, 0) is 0 Å². The number of hydrogen-bond acceptors (Lipinski definition) is 1. The Balaban J connectivity index is 1.41. The van der Waals surface area contributed by atoms with Gasteiger partial charge in [-0.1, -0.05) is 109 Å². The number of benzene rings is 6. The molecule has 33 heavy (non-hydrogen) atoms. The fourth-order valence-electron chi connectivity index (χ4n) is 4.49. The predicted octanol–water partition coefficient (Wildman–Crippen LogP) is 9.07. The largest absolute Gasteiger partial charge is 0.355 e. The van der Waals surface area contributed by atoms with Crippen LogP contribution in [0.25, 0.3) is 43.8 Å². The van der Waals surface area contributed by atoms with Gasteiger partial charge in [0.1, 0.15) is 0 Å². The van der Waals surface area contributed by atoms with Crippen LogP contribution in [0.15, 0.2) is 133 Å². The standard InChI is InChI=1S/C32H23N/c1-2-8-23(9-3-1)25-14-16-26(17-15-25)29-20-28-12-6-7-13-31(28)32(22-29)33-30-19-18-24-10-4-5-11-27(24)21-30/h1-22,33H. The number of anilines is 2. The van der Waals surface area contributed by atoms with Crippen LogP contribution < -0.4 is 5.32 Å². The van der Waals surface area contributed by atoms with Crippen molar-refractivity contribution in [3.63, 3.8) is 0 Å². The van der Waals surface area contributed by atoms with E-state index < -0.39 is 0 Å². The summed E-state index contributed by atoms with van der Waals surface area (Å²) < 4.78 is 0. The summed E-state index contributed by atoms with van der Waals surface area (Å²) in [5.74, 6) is 0. The predicted molar refractivity (Wildman–Crippen MR) is 142 cm³/mol. The molecule has 6 aromatic carbocycles. The van der Waals surface area contributed by atoms with Crippen LogP contribution in [0.1, 0.15) is 0 Å². The van der Waals surface area contributed by atoms with Crippen molar-refractivity contribution < 1.29 is 0 Å². The summed E-state index contributed by atoms with van der Waals surface area (Å²) in [5, 5.41) is 8.62. The Bertz CT molecular complexity index is 1560. The van der Waals surface area contributed by atoms with E-state index in [2.05, 4.69) is 139 Å². The second-order valence-electron chi connectivity index (χ2n) is 8.38. The van der Waals surface area contributed by atoms with Crippen LogP contribution in [0.5, 0.6) is 0 Å². The van der Waals surface area contributed by atoms with E-state index in [1.807, 2.05) is 0 Å². The quantitative estimate of drug-likeness (QED) is 0.299. The molecule has 0 bridgehead atoms. The van der Waals surface area contributed by atoms with Crippen molar-refractivity contribution in [1.82, 2.24) is 0 Å². The Morgan fingerprint density at radius 3 is 1.76 bits per heavy atom. The number of rotatable bonds is 4. The summed E-state index contributed by atoms with van der Waals surface area (Å²) in [5.41, 5.74) is 7.09. The summed E-state index contributed by atoms with van der Waals surface area (Å²) >= 11 is 0. The third-order valence-electron chi connectivity index (χ3n) is 6.22. The highest BCUT2D eigenvalue weighted by molar-refractivity contribution is 5.99. The highest BCUT2D eigenvalue weighted by Crippen LogP contribution is 2.34. The molecule has 0 spiro atoms. The molecule has 1 nitrogen and oxygen atoms in total. The lowest BCUT2D eigenvalue weighted by Crippen LogP contribution is -1.93. The topological polar surface area (TPSA) is 12.0 Å². The van der Waals surface area contributed by atoms with Gasteiger partial charge in [0.05, 0.1) is 0 Å². The lowest BCUT2D eigenvalue weighted by Gasteiger charge is -2.14. The summed E-state index contributed by atoms with van der Waals surface area (Å²) in [6, 6.07) is 47.5. The summed E-state index contributed by atoms with van der Waals surface area (Å²) in [6.45, 7) is 0. The molecule has 0 amide bonds. The molecule has 0 fully saturated rings. The first-order chi connectivity index (χ1) is 16.3. The molecule has 6 rings (SSSR count). The van der Waals surface area contributed by atoms with Crippen molar-refractivity contribution in [2.45, 2.75) is 0 Å². The Morgan fingerprint density at radius 2 is 0.970 bits per heavy atom. The Kier molecular flexibility index (Phi) is 4.86.